The fraction of sp³-hybridized carbons (Fsp3) is 0.538. The normalized spacial score (nSPS) is 20.8. The monoisotopic (exact) mass is 392 g/mol. The van der Waals surface area contributed by atoms with Gasteiger partial charge in [0.2, 0.25) is 0 Å². The van der Waals surface area contributed by atoms with Gasteiger partial charge in [-0.2, -0.15) is 0 Å². The van der Waals surface area contributed by atoms with Crippen LogP contribution in [0.1, 0.15) is 23.9 Å². The van der Waals surface area contributed by atoms with Gasteiger partial charge in [0, 0.05) is 26.2 Å². The van der Waals surface area contributed by atoms with E-state index >= 15 is 0 Å². The van der Waals surface area contributed by atoms with Gasteiger partial charge in [0.1, 0.15) is 0 Å². The number of nitrogens with one attached hydrogen (secondary N) is 3. The summed E-state index contributed by atoms with van der Waals surface area (Å²) in [5.74, 6) is 1.62. The molecule has 1 amide bonds. The number of aliphatic imine (C=N–C) groups is 1. The summed E-state index contributed by atoms with van der Waals surface area (Å²) >= 11 is 0. The SMILES string of the molecule is CN=C(NCCNC(=O)c1ccco1)NC1CC1C.I. The zero-order chi connectivity index (χ0) is 13.7. The van der Waals surface area contributed by atoms with Crippen LogP contribution in [0.15, 0.2) is 27.8 Å². The maximum absolute atomic E-state index is 11.6. The van der Waals surface area contributed by atoms with Gasteiger partial charge in [0.25, 0.3) is 5.91 Å². The maximum Gasteiger partial charge on any atom is 0.287 e. The van der Waals surface area contributed by atoms with Crippen LogP contribution >= 0.6 is 24.0 Å². The van der Waals surface area contributed by atoms with Crippen LogP contribution < -0.4 is 16.0 Å². The number of carbonyl (C=O) groups is 1. The van der Waals surface area contributed by atoms with Crippen LogP contribution in [-0.2, 0) is 0 Å². The van der Waals surface area contributed by atoms with E-state index in [1.165, 1.54) is 12.7 Å². The number of hydrogen-bond acceptors (Lipinski definition) is 3. The molecule has 2 unspecified atom stereocenters. The molecule has 1 aromatic heterocycles. The molecule has 1 aromatic rings. The van der Waals surface area contributed by atoms with Gasteiger partial charge < -0.3 is 20.4 Å². The van der Waals surface area contributed by atoms with E-state index in [-0.39, 0.29) is 29.9 Å². The molecule has 1 fully saturated rings. The van der Waals surface area contributed by atoms with Crippen LogP contribution in [-0.4, -0.2) is 38.0 Å². The first-order chi connectivity index (χ1) is 9.20. The molecule has 0 aromatic carbocycles. The predicted octanol–water partition coefficient (Wildman–Crippen LogP) is 1.20. The second kappa shape index (κ2) is 8.13. The molecule has 6 nitrogen and oxygen atoms in total. The third kappa shape index (κ3) is 5.03. The highest BCUT2D eigenvalue weighted by molar-refractivity contribution is 14.0. The van der Waals surface area contributed by atoms with Crippen LogP contribution in [0.4, 0.5) is 0 Å². The lowest BCUT2D eigenvalue weighted by Gasteiger charge is -2.11. The highest BCUT2D eigenvalue weighted by Crippen LogP contribution is 2.28. The summed E-state index contributed by atoms with van der Waals surface area (Å²) in [6.07, 6.45) is 2.67. The second-order valence-electron chi connectivity index (χ2n) is 4.70. The number of furan rings is 1. The minimum atomic E-state index is -0.203. The van der Waals surface area contributed by atoms with E-state index in [9.17, 15) is 4.79 Å². The van der Waals surface area contributed by atoms with Gasteiger partial charge >= 0.3 is 0 Å². The standard InChI is InChI=1S/C13H20N4O2.HI/c1-9-8-10(9)17-13(14-2)16-6-5-15-12(18)11-4-3-7-19-11;/h3-4,7,9-10H,5-6,8H2,1-2H3,(H,15,18)(H2,14,16,17);1H. The molecule has 2 rings (SSSR count). The van der Waals surface area contributed by atoms with Crippen molar-refractivity contribution in [2.24, 2.45) is 10.9 Å². The van der Waals surface area contributed by atoms with Crippen molar-refractivity contribution < 1.29 is 9.21 Å². The van der Waals surface area contributed by atoms with E-state index in [1.807, 2.05) is 0 Å². The summed E-state index contributed by atoms with van der Waals surface area (Å²) in [7, 11) is 1.74. The Balaban J connectivity index is 0.00000200. The van der Waals surface area contributed by atoms with Gasteiger partial charge in [-0.15, -0.1) is 24.0 Å². The quantitative estimate of drug-likeness (QED) is 0.305. The van der Waals surface area contributed by atoms with Crippen LogP contribution in [0.2, 0.25) is 0 Å². The number of guanidine groups is 1. The Bertz CT molecular complexity index is 447. The average molecular weight is 392 g/mol. The molecule has 112 valence electrons. The van der Waals surface area contributed by atoms with E-state index in [4.69, 9.17) is 4.42 Å². The fourth-order valence-electron chi connectivity index (χ4n) is 1.75. The van der Waals surface area contributed by atoms with Crippen molar-refractivity contribution in [2.75, 3.05) is 20.1 Å². The van der Waals surface area contributed by atoms with Gasteiger partial charge in [-0.3, -0.25) is 9.79 Å². The summed E-state index contributed by atoms with van der Waals surface area (Å²) in [5, 5.41) is 9.23. The largest absolute Gasteiger partial charge is 0.459 e. The van der Waals surface area contributed by atoms with Crippen LogP contribution in [0.5, 0.6) is 0 Å². The van der Waals surface area contributed by atoms with Crippen molar-refractivity contribution in [1.82, 2.24) is 16.0 Å². The topological polar surface area (TPSA) is 78.7 Å². The highest BCUT2D eigenvalue weighted by atomic mass is 127. The van der Waals surface area contributed by atoms with Gasteiger partial charge in [-0.1, -0.05) is 6.92 Å². The van der Waals surface area contributed by atoms with Gasteiger partial charge in [-0.25, -0.2) is 0 Å². The van der Waals surface area contributed by atoms with E-state index in [2.05, 4.69) is 27.9 Å². The average Bonchev–Trinajstić information content (AvgIpc) is 2.90. The summed E-state index contributed by atoms with van der Waals surface area (Å²) in [6, 6.07) is 3.86. The first-order valence-electron chi connectivity index (χ1n) is 6.49. The fourth-order valence-corrected chi connectivity index (χ4v) is 1.75. The maximum atomic E-state index is 11.6. The second-order valence-corrected chi connectivity index (χ2v) is 4.70. The molecule has 1 heterocycles. The molecule has 0 saturated heterocycles. The Morgan fingerprint density at radius 3 is 2.70 bits per heavy atom. The minimum absolute atomic E-state index is 0. The van der Waals surface area contributed by atoms with Crippen LogP contribution in [0.25, 0.3) is 0 Å². The summed E-state index contributed by atoms with van der Waals surface area (Å²) in [6.45, 7) is 3.34. The molecule has 1 saturated carbocycles. The van der Waals surface area contributed by atoms with Crippen molar-refractivity contribution in [1.29, 1.82) is 0 Å². The minimum Gasteiger partial charge on any atom is -0.459 e. The Morgan fingerprint density at radius 1 is 1.45 bits per heavy atom. The summed E-state index contributed by atoms with van der Waals surface area (Å²) in [4.78, 5) is 15.7. The molecule has 2 atom stereocenters. The van der Waals surface area contributed by atoms with Crippen molar-refractivity contribution in [3.05, 3.63) is 24.2 Å². The van der Waals surface area contributed by atoms with Crippen molar-refractivity contribution in [3.8, 4) is 0 Å². The molecule has 0 aliphatic heterocycles. The van der Waals surface area contributed by atoms with Crippen molar-refractivity contribution >= 4 is 35.8 Å². The Kier molecular flexibility index (Phi) is 6.83. The molecular formula is C13H21IN4O2. The van der Waals surface area contributed by atoms with Crippen LogP contribution in [0.3, 0.4) is 0 Å². The zero-order valence-corrected chi connectivity index (χ0v) is 14.0. The number of hydrogen-bond donors (Lipinski definition) is 3. The van der Waals surface area contributed by atoms with Gasteiger partial charge in [0.15, 0.2) is 11.7 Å². The molecule has 0 radical (unpaired) electrons. The lowest BCUT2D eigenvalue weighted by atomic mass is 10.4. The van der Waals surface area contributed by atoms with Crippen molar-refractivity contribution in [2.45, 2.75) is 19.4 Å². The van der Waals surface area contributed by atoms with Crippen molar-refractivity contribution in [3.63, 3.8) is 0 Å². The third-order valence-corrected chi connectivity index (χ3v) is 3.10. The van der Waals surface area contributed by atoms with E-state index < -0.39 is 0 Å². The van der Waals surface area contributed by atoms with E-state index in [1.54, 1.807) is 19.2 Å². The summed E-state index contributed by atoms with van der Waals surface area (Å²) < 4.78 is 5.00. The number of rotatable bonds is 5. The molecule has 3 N–H and O–H groups in total. The third-order valence-electron chi connectivity index (χ3n) is 3.10. The number of carbonyl (C=O) groups excluding carboxylic acids is 1. The molecule has 0 bridgehead atoms. The molecule has 1 aliphatic rings. The molecule has 20 heavy (non-hydrogen) atoms. The lowest BCUT2D eigenvalue weighted by molar-refractivity contribution is 0.0926. The summed E-state index contributed by atoms with van der Waals surface area (Å²) in [5.41, 5.74) is 0. The Morgan fingerprint density at radius 2 is 2.15 bits per heavy atom. The molecule has 7 heteroatoms. The Hall–Kier alpha value is -1.25. The van der Waals surface area contributed by atoms with Gasteiger partial charge in [-0.05, 0) is 24.5 Å². The number of halogens is 1. The van der Waals surface area contributed by atoms with E-state index in [0.717, 1.165) is 11.9 Å². The highest BCUT2D eigenvalue weighted by Gasteiger charge is 2.33. The molecular weight excluding hydrogens is 371 g/mol. The first-order valence-corrected chi connectivity index (χ1v) is 6.49. The van der Waals surface area contributed by atoms with E-state index in [0.29, 0.717) is 24.9 Å². The number of nitrogens with zero attached hydrogens (tertiary/aromatic N) is 1. The predicted molar refractivity (Wildman–Crippen MR) is 88.5 cm³/mol. The number of amides is 1. The molecule has 1 aliphatic carbocycles. The first kappa shape index (κ1) is 16.8. The zero-order valence-electron chi connectivity index (χ0n) is 11.7. The Labute approximate surface area is 135 Å². The molecule has 0 spiro atoms. The van der Waals surface area contributed by atoms with Gasteiger partial charge in [0.05, 0.1) is 6.26 Å². The lowest BCUT2D eigenvalue weighted by Crippen LogP contribution is -2.42. The smallest absolute Gasteiger partial charge is 0.287 e. The van der Waals surface area contributed by atoms with Crippen LogP contribution in [0, 0.1) is 5.92 Å².